The highest BCUT2D eigenvalue weighted by atomic mass is 16.3. The number of aromatic hydroxyl groups is 1. The van der Waals surface area contributed by atoms with Crippen LogP contribution < -0.4 is 0 Å². The van der Waals surface area contributed by atoms with Crippen molar-refractivity contribution in [3.8, 4) is 34.2 Å². The van der Waals surface area contributed by atoms with Crippen molar-refractivity contribution in [3.05, 3.63) is 65.9 Å². The monoisotopic (exact) mass is 326 g/mol. The Morgan fingerprint density at radius 3 is 2.36 bits per heavy atom. The summed E-state index contributed by atoms with van der Waals surface area (Å²) in [4.78, 5) is 4.59. The number of H-pyrrole nitrogens is 1. The van der Waals surface area contributed by atoms with Crippen LogP contribution in [0.2, 0.25) is 0 Å². The van der Waals surface area contributed by atoms with Crippen molar-refractivity contribution in [2.24, 2.45) is 0 Å². The summed E-state index contributed by atoms with van der Waals surface area (Å²) in [5.74, 6) is 0.170. The number of aryl methyl sites for hydroxylation is 1. The number of phenols is 1. The van der Waals surface area contributed by atoms with Crippen molar-refractivity contribution in [2.75, 3.05) is 0 Å². The number of benzene rings is 2. The molecule has 0 spiro atoms. The molecule has 2 aromatic heterocycles. The van der Waals surface area contributed by atoms with E-state index in [-0.39, 0.29) is 5.75 Å². The number of aromatic amines is 1. The molecule has 25 heavy (non-hydrogen) atoms. The fourth-order valence-electron chi connectivity index (χ4n) is 2.93. The average molecular weight is 326 g/mol. The molecule has 0 radical (unpaired) electrons. The lowest BCUT2D eigenvalue weighted by Gasteiger charge is -2.11. The molecule has 0 atom stereocenters. The summed E-state index contributed by atoms with van der Waals surface area (Å²) in [6.45, 7) is 2.02. The van der Waals surface area contributed by atoms with E-state index in [0.717, 1.165) is 27.6 Å². The van der Waals surface area contributed by atoms with Crippen LogP contribution in [0.1, 0.15) is 11.1 Å². The maximum Gasteiger partial charge on any atom is 0.156 e. The van der Waals surface area contributed by atoms with Crippen LogP contribution in [0.5, 0.6) is 5.75 Å². The molecular weight excluding hydrogens is 312 g/mol. The summed E-state index contributed by atoms with van der Waals surface area (Å²) in [5.41, 5.74) is 5.34. The van der Waals surface area contributed by atoms with Crippen molar-refractivity contribution >= 4 is 11.0 Å². The van der Waals surface area contributed by atoms with Gasteiger partial charge in [-0.25, -0.2) is 4.98 Å². The van der Waals surface area contributed by atoms with E-state index in [1.54, 1.807) is 30.5 Å². The first kappa shape index (κ1) is 14.9. The van der Waals surface area contributed by atoms with Gasteiger partial charge in [-0.05, 0) is 36.8 Å². The summed E-state index contributed by atoms with van der Waals surface area (Å²) in [6.07, 6.45) is 1.69. The number of hydrogen-bond acceptors (Lipinski definition) is 4. The van der Waals surface area contributed by atoms with Gasteiger partial charge in [0.2, 0.25) is 0 Å². The Labute approximate surface area is 144 Å². The highest BCUT2D eigenvalue weighted by Crippen LogP contribution is 2.36. The predicted octanol–water partition coefficient (Wildman–Crippen LogP) is 4.18. The first-order chi connectivity index (χ1) is 12.2. The van der Waals surface area contributed by atoms with Gasteiger partial charge in [0, 0.05) is 16.5 Å². The van der Waals surface area contributed by atoms with E-state index >= 15 is 0 Å². The quantitative estimate of drug-likeness (QED) is 0.578. The summed E-state index contributed by atoms with van der Waals surface area (Å²) in [7, 11) is 0. The largest absolute Gasteiger partial charge is 0.508 e. The van der Waals surface area contributed by atoms with E-state index in [1.807, 2.05) is 31.2 Å². The Kier molecular flexibility index (Phi) is 3.44. The zero-order chi connectivity index (χ0) is 17.4. The number of pyridine rings is 1. The van der Waals surface area contributed by atoms with Crippen molar-refractivity contribution < 1.29 is 5.11 Å². The third-order valence-electron chi connectivity index (χ3n) is 4.19. The van der Waals surface area contributed by atoms with Crippen LogP contribution in [0.15, 0.2) is 54.7 Å². The number of nitrogens with zero attached hydrogens (tertiary/aromatic N) is 3. The molecule has 2 heterocycles. The highest BCUT2D eigenvalue weighted by molar-refractivity contribution is 5.99. The first-order valence-electron chi connectivity index (χ1n) is 7.81. The van der Waals surface area contributed by atoms with Crippen LogP contribution in [-0.2, 0) is 0 Å². The molecule has 0 saturated carbocycles. The summed E-state index contributed by atoms with van der Waals surface area (Å²) < 4.78 is 0. The fraction of sp³-hybridized carbons (Fsp3) is 0.0500. The minimum Gasteiger partial charge on any atom is -0.508 e. The molecule has 0 aliphatic carbocycles. The smallest absolute Gasteiger partial charge is 0.156 e. The maximum atomic E-state index is 9.86. The minimum atomic E-state index is 0.170. The number of rotatable bonds is 2. The van der Waals surface area contributed by atoms with Crippen molar-refractivity contribution in [2.45, 2.75) is 6.92 Å². The van der Waals surface area contributed by atoms with Crippen molar-refractivity contribution in [1.82, 2.24) is 15.2 Å². The molecule has 0 unspecified atom stereocenters. The van der Waals surface area contributed by atoms with Gasteiger partial charge in [0.25, 0.3) is 0 Å². The molecule has 2 aromatic carbocycles. The van der Waals surface area contributed by atoms with E-state index in [2.05, 4.69) is 21.3 Å². The van der Waals surface area contributed by atoms with Gasteiger partial charge in [-0.1, -0.05) is 29.8 Å². The number of nitriles is 1. The standard InChI is InChI=1S/C20H14N4O/c1-12-2-4-13(5-3-12)18-16(10-21)19(14-6-8-15(25)9-7-14)23-20-17(18)11-22-24-20/h2-9,11,25H,1H3,(H,22,23,24). The van der Waals surface area contributed by atoms with E-state index in [4.69, 9.17) is 0 Å². The molecule has 2 N–H and O–H groups in total. The molecule has 5 nitrogen and oxygen atoms in total. The first-order valence-corrected chi connectivity index (χ1v) is 7.81. The second-order valence-electron chi connectivity index (χ2n) is 5.87. The third-order valence-corrected chi connectivity index (χ3v) is 4.19. The third kappa shape index (κ3) is 2.50. The van der Waals surface area contributed by atoms with Crippen molar-refractivity contribution in [1.29, 1.82) is 5.26 Å². The van der Waals surface area contributed by atoms with Gasteiger partial charge in [0.15, 0.2) is 5.65 Å². The Morgan fingerprint density at radius 1 is 1.00 bits per heavy atom. The second-order valence-corrected chi connectivity index (χ2v) is 5.87. The van der Waals surface area contributed by atoms with Gasteiger partial charge in [0.05, 0.1) is 17.5 Å². The Balaban J connectivity index is 2.07. The van der Waals surface area contributed by atoms with Gasteiger partial charge in [-0.15, -0.1) is 0 Å². The molecule has 0 bridgehead atoms. The number of hydrogen-bond donors (Lipinski definition) is 2. The lowest BCUT2D eigenvalue weighted by atomic mass is 9.94. The number of phenolic OH excluding ortho intramolecular Hbond substituents is 1. The molecule has 4 rings (SSSR count). The Hall–Kier alpha value is -3.65. The second kappa shape index (κ2) is 5.77. The van der Waals surface area contributed by atoms with Crippen LogP contribution in [-0.4, -0.2) is 20.3 Å². The van der Waals surface area contributed by atoms with E-state index in [9.17, 15) is 10.4 Å². The minimum absolute atomic E-state index is 0.170. The number of fused-ring (bicyclic) bond motifs is 1. The van der Waals surface area contributed by atoms with Crippen LogP contribution in [0, 0.1) is 18.3 Å². The summed E-state index contributed by atoms with van der Waals surface area (Å²) >= 11 is 0. The molecule has 0 amide bonds. The Bertz CT molecular complexity index is 1100. The van der Waals surface area contributed by atoms with E-state index < -0.39 is 0 Å². The van der Waals surface area contributed by atoms with Gasteiger partial charge < -0.3 is 5.11 Å². The molecule has 0 saturated heterocycles. The van der Waals surface area contributed by atoms with Crippen LogP contribution in [0.25, 0.3) is 33.4 Å². The molecule has 120 valence electrons. The summed E-state index contributed by atoms with van der Waals surface area (Å²) in [6, 6.07) is 17.0. The van der Waals surface area contributed by atoms with Gasteiger partial charge >= 0.3 is 0 Å². The Morgan fingerprint density at radius 2 is 1.68 bits per heavy atom. The normalized spacial score (nSPS) is 10.7. The highest BCUT2D eigenvalue weighted by Gasteiger charge is 2.19. The molecular formula is C20H14N4O. The lowest BCUT2D eigenvalue weighted by Crippen LogP contribution is -1.95. The zero-order valence-electron chi connectivity index (χ0n) is 13.5. The molecule has 0 aliphatic heterocycles. The average Bonchev–Trinajstić information content (AvgIpc) is 3.10. The predicted molar refractivity (Wildman–Crippen MR) is 95.9 cm³/mol. The van der Waals surface area contributed by atoms with Gasteiger partial charge in [0.1, 0.15) is 11.8 Å². The van der Waals surface area contributed by atoms with Gasteiger partial charge in [-0.3, -0.25) is 5.10 Å². The number of nitrogens with one attached hydrogen (secondary N) is 1. The van der Waals surface area contributed by atoms with Crippen LogP contribution >= 0.6 is 0 Å². The SMILES string of the molecule is Cc1ccc(-c2c(C#N)c(-c3ccc(O)cc3)nc3[nH]ncc23)cc1. The molecule has 5 heteroatoms. The lowest BCUT2D eigenvalue weighted by molar-refractivity contribution is 0.475. The van der Waals surface area contributed by atoms with Crippen LogP contribution in [0.3, 0.4) is 0 Å². The van der Waals surface area contributed by atoms with Gasteiger partial charge in [-0.2, -0.15) is 10.4 Å². The zero-order valence-corrected chi connectivity index (χ0v) is 13.5. The topological polar surface area (TPSA) is 85.6 Å². The number of aromatic nitrogens is 3. The molecule has 4 aromatic rings. The molecule has 0 aliphatic rings. The van der Waals surface area contributed by atoms with E-state index in [0.29, 0.717) is 16.9 Å². The van der Waals surface area contributed by atoms with Crippen LogP contribution in [0.4, 0.5) is 0 Å². The van der Waals surface area contributed by atoms with E-state index in [1.165, 1.54) is 0 Å². The molecule has 0 fully saturated rings. The summed E-state index contributed by atoms with van der Waals surface area (Å²) in [5, 5.41) is 27.2. The fourth-order valence-corrected chi connectivity index (χ4v) is 2.93. The van der Waals surface area contributed by atoms with Crippen molar-refractivity contribution in [3.63, 3.8) is 0 Å². The maximum absolute atomic E-state index is 9.86.